The Labute approximate surface area is 127 Å². The molecule has 0 fully saturated rings. The molecule has 3 rings (SSSR count). The standard InChI is InChI=1S/C15H14ClN5/c1-10-6-15(18-9-17-10)20-14-8-19-21(11(14)2)13-5-3-4-12(16)7-13/h3-9H,1-2H3,(H,17,18,20). The first kappa shape index (κ1) is 13.6. The van der Waals surface area contributed by atoms with Gasteiger partial charge < -0.3 is 5.32 Å². The summed E-state index contributed by atoms with van der Waals surface area (Å²) >= 11 is 6.03. The fourth-order valence-electron chi connectivity index (χ4n) is 2.06. The highest BCUT2D eigenvalue weighted by Crippen LogP contribution is 2.23. The molecule has 2 heterocycles. The lowest BCUT2D eigenvalue weighted by atomic mass is 10.3. The summed E-state index contributed by atoms with van der Waals surface area (Å²) < 4.78 is 1.84. The maximum atomic E-state index is 6.03. The maximum Gasteiger partial charge on any atom is 0.134 e. The summed E-state index contributed by atoms with van der Waals surface area (Å²) in [5.74, 6) is 0.747. The highest BCUT2D eigenvalue weighted by molar-refractivity contribution is 6.30. The zero-order valence-corrected chi connectivity index (χ0v) is 12.5. The van der Waals surface area contributed by atoms with E-state index in [9.17, 15) is 0 Å². The van der Waals surface area contributed by atoms with Gasteiger partial charge in [-0.25, -0.2) is 14.6 Å². The summed E-state index contributed by atoms with van der Waals surface area (Å²) in [5.41, 5.74) is 3.71. The molecule has 21 heavy (non-hydrogen) atoms. The number of hydrogen-bond donors (Lipinski definition) is 1. The molecule has 1 aromatic carbocycles. The Morgan fingerprint density at radius 3 is 2.76 bits per heavy atom. The van der Waals surface area contributed by atoms with Gasteiger partial charge in [0, 0.05) is 16.8 Å². The Morgan fingerprint density at radius 2 is 2.00 bits per heavy atom. The number of anilines is 2. The average molecular weight is 300 g/mol. The number of aryl methyl sites for hydroxylation is 1. The van der Waals surface area contributed by atoms with Crippen molar-refractivity contribution in [3.63, 3.8) is 0 Å². The van der Waals surface area contributed by atoms with E-state index in [2.05, 4.69) is 20.4 Å². The summed E-state index contributed by atoms with van der Waals surface area (Å²) in [4.78, 5) is 8.27. The van der Waals surface area contributed by atoms with Crippen LogP contribution in [0.1, 0.15) is 11.4 Å². The topological polar surface area (TPSA) is 55.6 Å². The second-order valence-electron chi connectivity index (χ2n) is 4.70. The molecule has 3 aromatic rings. The zero-order valence-electron chi connectivity index (χ0n) is 11.7. The van der Waals surface area contributed by atoms with Crippen molar-refractivity contribution in [3.05, 3.63) is 59.3 Å². The van der Waals surface area contributed by atoms with Gasteiger partial charge in [-0.2, -0.15) is 5.10 Å². The van der Waals surface area contributed by atoms with E-state index in [1.165, 1.54) is 6.33 Å². The molecule has 0 bridgehead atoms. The molecule has 0 atom stereocenters. The second-order valence-corrected chi connectivity index (χ2v) is 5.14. The van der Waals surface area contributed by atoms with Gasteiger partial charge in [-0.3, -0.25) is 0 Å². The zero-order chi connectivity index (χ0) is 14.8. The summed E-state index contributed by atoms with van der Waals surface area (Å²) in [6.45, 7) is 3.92. The first-order valence-corrected chi connectivity index (χ1v) is 6.87. The predicted molar refractivity (Wildman–Crippen MR) is 83.4 cm³/mol. The molecule has 0 saturated carbocycles. The molecule has 0 radical (unpaired) electrons. The minimum absolute atomic E-state index is 0.684. The Balaban J connectivity index is 1.92. The normalized spacial score (nSPS) is 10.6. The van der Waals surface area contributed by atoms with Crippen molar-refractivity contribution in [2.75, 3.05) is 5.32 Å². The highest BCUT2D eigenvalue weighted by Gasteiger charge is 2.09. The molecule has 0 spiro atoms. The number of aromatic nitrogens is 4. The summed E-state index contributed by atoms with van der Waals surface area (Å²) in [7, 11) is 0. The number of nitrogens with zero attached hydrogens (tertiary/aromatic N) is 4. The van der Waals surface area contributed by atoms with Gasteiger partial charge in [-0.1, -0.05) is 17.7 Å². The number of halogens is 1. The van der Waals surface area contributed by atoms with E-state index in [-0.39, 0.29) is 0 Å². The Morgan fingerprint density at radius 1 is 1.14 bits per heavy atom. The van der Waals surface area contributed by atoms with E-state index in [0.29, 0.717) is 5.02 Å². The number of benzene rings is 1. The van der Waals surface area contributed by atoms with Crippen LogP contribution in [-0.4, -0.2) is 19.7 Å². The van der Waals surface area contributed by atoms with Crippen molar-refractivity contribution in [2.45, 2.75) is 13.8 Å². The van der Waals surface area contributed by atoms with E-state index in [1.807, 2.05) is 48.9 Å². The van der Waals surface area contributed by atoms with Crippen molar-refractivity contribution < 1.29 is 0 Å². The van der Waals surface area contributed by atoms with Crippen molar-refractivity contribution in [3.8, 4) is 5.69 Å². The van der Waals surface area contributed by atoms with Crippen LogP contribution in [0, 0.1) is 13.8 Å². The van der Waals surface area contributed by atoms with Crippen molar-refractivity contribution in [2.24, 2.45) is 0 Å². The summed E-state index contributed by atoms with van der Waals surface area (Å²) in [6, 6.07) is 9.47. The third-order valence-electron chi connectivity index (χ3n) is 3.13. The van der Waals surface area contributed by atoms with E-state index < -0.39 is 0 Å². The third kappa shape index (κ3) is 2.87. The van der Waals surface area contributed by atoms with Gasteiger partial charge in [0.25, 0.3) is 0 Å². The van der Waals surface area contributed by atoms with Crippen molar-refractivity contribution in [1.29, 1.82) is 0 Å². The first-order chi connectivity index (χ1) is 10.1. The van der Waals surface area contributed by atoms with Gasteiger partial charge in [-0.05, 0) is 32.0 Å². The average Bonchev–Trinajstić information content (AvgIpc) is 2.80. The molecule has 0 aliphatic rings. The van der Waals surface area contributed by atoms with Gasteiger partial charge in [0.2, 0.25) is 0 Å². The smallest absolute Gasteiger partial charge is 0.134 e. The van der Waals surface area contributed by atoms with Gasteiger partial charge in [-0.15, -0.1) is 0 Å². The monoisotopic (exact) mass is 299 g/mol. The highest BCUT2D eigenvalue weighted by atomic mass is 35.5. The maximum absolute atomic E-state index is 6.03. The Hall–Kier alpha value is -2.40. The van der Waals surface area contributed by atoms with Crippen LogP contribution in [0.2, 0.25) is 5.02 Å². The summed E-state index contributed by atoms with van der Waals surface area (Å²) in [6.07, 6.45) is 3.31. The molecule has 0 saturated heterocycles. The lowest BCUT2D eigenvalue weighted by Crippen LogP contribution is -2.00. The number of rotatable bonds is 3. The Kier molecular flexibility index (Phi) is 3.58. The van der Waals surface area contributed by atoms with Crippen LogP contribution in [0.4, 0.5) is 11.5 Å². The second kappa shape index (κ2) is 5.54. The van der Waals surface area contributed by atoms with Crippen LogP contribution >= 0.6 is 11.6 Å². The van der Waals surface area contributed by atoms with Crippen LogP contribution in [-0.2, 0) is 0 Å². The van der Waals surface area contributed by atoms with Crippen LogP contribution < -0.4 is 5.32 Å². The lowest BCUT2D eigenvalue weighted by Gasteiger charge is -2.07. The Bertz CT molecular complexity index is 781. The fourth-order valence-corrected chi connectivity index (χ4v) is 2.25. The van der Waals surface area contributed by atoms with Gasteiger partial charge >= 0.3 is 0 Å². The molecule has 5 nitrogen and oxygen atoms in total. The quantitative estimate of drug-likeness (QED) is 0.801. The van der Waals surface area contributed by atoms with Crippen molar-refractivity contribution >= 4 is 23.1 Å². The van der Waals surface area contributed by atoms with Gasteiger partial charge in [0.15, 0.2) is 0 Å². The van der Waals surface area contributed by atoms with Gasteiger partial charge in [0.05, 0.1) is 23.3 Å². The number of hydrogen-bond acceptors (Lipinski definition) is 4. The minimum Gasteiger partial charge on any atom is -0.337 e. The molecule has 106 valence electrons. The molecule has 6 heteroatoms. The third-order valence-corrected chi connectivity index (χ3v) is 3.36. The summed E-state index contributed by atoms with van der Waals surface area (Å²) in [5, 5.41) is 8.33. The van der Waals surface area contributed by atoms with Crippen LogP contribution in [0.5, 0.6) is 0 Å². The van der Waals surface area contributed by atoms with E-state index in [0.717, 1.165) is 28.6 Å². The molecule has 0 amide bonds. The molecule has 1 N–H and O–H groups in total. The lowest BCUT2D eigenvalue weighted by molar-refractivity contribution is 0.847. The van der Waals surface area contributed by atoms with Gasteiger partial charge in [0.1, 0.15) is 12.1 Å². The van der Waals surface area contributed by atoms with E-state index in [4.69, 9.17) is 11.6 Å². The molecule has 0 aliphatic carbocycles. The molecular formula is C15H14ClN5. The first-order valence-electron chi connectivity index (χ1n) is 6.50. The predicted octanol–water partition coefficient (Wildman–Crippen LogP) is 3.68. The minimum atomic E-state index is 0.684. The van der Waals surface area contributed by atoms with Crippen LogP contribution in [0.25, 0.3) is 5.69 Å². The SMILES string of the molecule is Cc1cc(Nc2cnn(-c3cccc(Cl)c3)c2C)ncn1. The molecular weight excluding hydrogens is 286 g/mol. The van der Waals surface area contributed by atoms with E-state index >= 15 is 0 Å². The largest absolute Gasteiger partial charge is 0.337 e. The fraction of sp³-hybridized carbons (Fsp3) is 0.133. The van der Waals surface area contributed by atoms with E-state index in [1.54, 1.807) is 6.20 Å². The molecule has 0 unspecified atom stereocenters. The van der Waals surface area contributed by atoms with Crippen LogP contribution in [0.15, 0.2) is 42.9 Å². The number of nitrogens with one attached hydrogen (secondary N) is 1. The van der Waals surface area contributed by atoms with Crippen LogP contribution in [0.3, 0.4) is 0 Å². The molecule has 0 aliphatic heterocycles. The van der Waals surface area contributed by atoms with Crippen molar-refractivity contribution in [1.82, 2.24) is 19.7 Å². The molecule has 2 aromatic heterocycles.